The number of thioether (sulfide) groups is 1. The van der Waals surface area contributed by atoms with Crippen molar-refractivity contribution in [2.24, 2.45) is 17.8 Å². The summed E-state index contributed by atoms with van der Waals surface area (Å²) < 4.78 is 29.4. The number of carbonyl (C=O) groups excluding carboxylic acids is 9. The minimum atomic E-state index is -1.88. The number of alkyl carbamates (subject to hydrolysis) is 1. The summed E-state index contributed by atoms with van der Waals surface area (Å²) in [4.78, 5) is 118. The second kappa shape index (κ2) is 29.1. The smallest absolute Gasteiger partial charge is 0.409 e. The standard InChI is InChI=1S/C58H77ClN6O15S/c1-34-10-9-11-46(77-8)58(75)29-45(78-56(74)63-58)35(2)53-57(4,80-53)47(28-51(71)65(6)43-26-39(24-34)27-44(76-7)52(43)59)79-55(73)36(3)64(5)50(70)20-23-81-33-49(69)60-21-22-61-54(72)40-16-13-38(14-17-40)30-62-48(68)19-15-37-12-18-41(31-66)42(25-37)32-67/h9-12,18,25-27,31-32,35-36,38,40,45-47,53,75H,13-17,19-24,28-30,33H2,1-8H3,(H,60,69)(H,61,72)(H,62,68)(H,63,74)/b11-9-,34-10+/t35-,36+,38?,40?,45+,46-,47-,53?,57+,58+/m1/s1. The minimum absolute atomic E-state index is 0.00718. The summed E-state index contributed by atoms with van der Waals surface area (Å²) in [6.45, 7) is 7.83. The lowest BCUT2D eigenvalue weighted by atomic mass is 9.81. The van der Waals surface area contributed by atoms with Crippen molar-refractivity contribution in [1.82, 2.24) is 26.2 Å². The molecule has 1 saturated carbocycles. The van der Waals surface area contributed by atoms with Gasteiger partial charge in [0.25, 0.3) is 0 Å². The fraction of sp³-hybridized carbons (Fsp3) is 0.569. The molecule has 1 unspecified atom stereocenters. The lowest BCUT2D eigenvalue weighted by molar-refractivity contribution is -0.162. The number of aryl methyl sites for hydroxylation is 1. The number of carbonyl (C=O) groups is 9. The van der Waals surface area contributed by atoms with E-state index in [9.17, 15) is 48.3 Å². The van der Waals surface area contributed by atoms with Gasteiger partial charge >= 0.3 is 12.1 Å². The van der Waals surface area contributed by atoms with E-state index >= 15 is 0 Å². The molecule has 3 heterocycles. The third-order valence-corrected chi connectivity index (χ3v) is 17.2. The fourth-order valence-electron chi connectivity index (χ4n) is 10.5. The Bertz CT molecular complexity index is 2720. The number of hydrogen-bond acceptors (Lipinski definition) is 16. The van der Waals surface area contributed by atoms with Gasteiger partial charge in [-0.3, -0.25) is 38.9 Å². The fourth-order valence-corrected chi connectivity index (χ4v) is 11.6. The molecule has 6 rings (SSSR count). The summed E-state index contributed by atoms with van der Waals surface area (Å²) in [7, 11) is 5.89. The van der Waals surface area contributed by atoms with Crippen molar-refractivity contribution in [3.63, 3.8) is 0 Å². The summed E-state index contributed by atoms with van der Waals surface area (Å²) in [6, 6.07) is 7.35. The van der Waals surface area contributed by atoms with Gasteiger partial charge in [-0.05, 0) is 94.5 Å². The van der Waals surface area contributed by atoms with E-state index in [1.807, 2.05) is 13.0 Å². The molecule has 0 aromatic heterocycles. The molecular formula is C58H77ClN6O15S. The molecule has 2 aromatic rings. The summed E-state index contributed by atoms with van der Waals surface area (Å²) in [5.41, 5.74) is 0.230. The second-order valence-corrected chi connectivity index (χ2v) is 23.1. The Morgan fingerprint density at radius 3 is 2.41 bits per heavy atom. The van der Waals surface area contributed by atoms with E-state index in [1.165, 1.54) is 49.8 Å². The predicted molar refractivity (Wildman–Crippen MR) is 303 cm³/mol. The van der Waals surface area contributed by atoms with Crippen LogP contribution < -0.4 is 30.9 Å². The van der Waals surface area contributed by atoms with Gasteiger partial charge in [0.1, 0.15) is 40.7 Å². The molecule has 81 heavy (non-hydrogen) atoms. The number of methoxy groups -OCH3 is 2. The molecule has 3 aliphatic heterocycles. The number of epoxide rings is 1. The maximum Gasteiger partial charge on any atom is 0.409 e. The number of nitrogens with one attached hydrogen (secondary N) is 4. The van der Waals surface area contributed by atoms with Crippen molar-refractivity contribution in [3.8, 4) is 5.75 Å². The van der Waals surface area contributed by atoms with Gasteiger partial charge in [-0.2, -0.15) is 11.8 Å². The Hall–Kier alpha value is -6.33. The molecule has 3 fully saturated rings. The number of amides is 6. The van der Waals surface area contributed by atoms with Gasteiger partial charge in [-0.15, -0.1) is 0 Å². The van der Waals surface area contributed by atoms with Gasteiger partial charge in [-0.1, -0.05) is 54.5 Å². The zero-order valence-corrected chi connectivity index (χ0v) is 48.9. The topological polar surface area (TPSA) is 278 Å². The highest BCUT2D eigenvalue weighted by molar-refractivity contribution is 7.99. The van der Waals surface area contributed by atoms with E-state index in [-0.39, 0.29) is 84.9 Å². The van der Waals surface area contributed by atoms with Crippen LogP contribution >= 0.6 is 23.4 Å². The molecule has 1 aliphatic carbocycles. The highest BCUT2D eigenvalue weighted by Gasteiger charge is 2.64. The van der Waals surface area contributed by atoms with Gasteiger partial charge in [0.15, 0.2) is 18.3 Å². The predicted octanol–water partition coefficient (Wildman–Crippen LogP) is 5.05. The van der Waals surface area contributed by atoms with E-state index in [1.54, 1.807) is 63.4 Å². The van der Waals surface area contributed by atoms with Crippen molar-refractivity contribution < 1.29 is 71.9 Å². The number of aldehydes is 2. The lowest BCUT2D eigenvalue weighted by Crippen LogP contribution is -2.63. The maximum absolute atomic E-state index is 14.4. The second-order valence-electron chi connectivity index (χ2n) is 21.6. The first kappa shape index (κ1) is 63.8. The number of aliphatic hydroxyl groups is 1. The van der Waals surface area contributed by atoms with Crippen LogP contribution in [0.3, 0.4) is 0 Å². The third-order valence-electron chi connectivity index (χ3n) is 15.8. The molecule has 2 aromatic carbocycles. The van der Waals surface area contributed by atoms with Crippen LogP contribution in [-0.2, 0) is 60.6 Å². The molecule has 2 saturated heterocycles. The number of ether oxygens (including phenoxy) is 5. The van der Waals surface area contributed by atoms with Crippen LogP contribution in [0.1, 0.15) is 111 Å². The molecule has 23 heteroatoms. The largest absolute Gasteiger partial charge is 0.495 e. The normalized spacial score (nSPS) is 27.1. The Morgan fingerprint density at radius 2 is 1.72 bits per heavy atom. The van der Waals surface area contributed by atoms with E-state index in [0.717, 1.165) is 29.5 Å². The quantitative estimate of drug-likeness (QED) is 0.0473. The summed E-state index contributed by atoms with van der Waals surface area (Å²) in [5, 5.41) is 23.2. The molecule has 0 spiro atoms. The summed E-state index contributed by atoms with van der Waals surface area (Å²) in [6.07, 6.45) is 5.25. The Morgan fingerprint density at radius 1 is 1.00 bits per heavy atom. The van der Waals surface area contributed by atoms with Crippen LogP contribution in [0.5, 0.6) is 5.75 Å². The first-order valence-electron chi connectivity index (χ1n) is 27.3. The molecule has 442 valence electrons. The molecule has 21 nitrogen and oxygen atoms in total. The lowest BCUT2D eigenvalue weighted by Gasteiger charge is -2.42. The first-order chi connectivity index (χ1) is 38.5. The Labute approximate surface area is 482 Å². The Balaban J connectivity index is 0.957. The zero-order chi connectivity index (χ0) is 59.2. The monoisotopic (exact) mass is 1160 g/mol. The van der Waals surface area contributed by atoms with Crippen LogP contribution in [0.15, 0.2) is 54.1 Å². The van der Waals surface area contributed by atoms with E-state index in [4.69, 9.17) is 35.3 Å². The molecule has 6 amide bonds. The number of esters is 1. The SMILES string of the molecule is COc1cc2cc(c1Cl)N(C)C(=O)C[C@@H](OC(=O)[C@H](C)N(C)C(=O)CCSCC(=O)NCCNC(=O)C1CCC(CNC(=O)CCc3ccc(C=O)c(C=O)c3)CC1)[C@]1(C)OC1[C@H](C)[C@@H]1C[C@@](O)(NC(=O)O1)[C@H](OC)/C=C\C=C(/C)C2. The number of nitrogens with zero attached hydrogens (tertiary/aromatic N) is 2. The molecule has 4 bridgehead atoms. The van der Waals surface area contributed by atoms with Crippen LogP contribution in [0, 0.1) is 17.8 Å². The maximum atomic E-state index is 14.4. The van der Waals surface area contributed by atoms with Gasteiger partial charge in [0.2, 0.25) is 29.5 Å². The molecule has 5 N–H and O–H groups in total. The van der Waals surface area contributed by atoms with E-state index in [2.05, 4.69) is 21.3 Å². The molecule has 0 radical (unpaired) electrons. The van der Waals surface area contributed by atoms with Crippen molar-refractivity contribution >= 4 is 83.2 Å². The summed E-state index contributed by atoms with van der Waals surface area (Å²) >= 11 is 8.05. The van der Waals surface area contributed by atoms with Gasteiger partial charge in [0, 0.05) is 88.8 Å². The average molecular weight is 1170 g/mol. The molecule has 8 atom stereocenters. The highest BCUT2D eigenvalue weighted by Crippen LogP contribution is 2.49. The summed E-state index contributed by atoms with van der Waals surface area (Å²) in [5.74, 6) is -2.03. The van der Waals surface area contributed by atoms with Crippen molar-refractivity contribution in [2.45, 2.75) is 134 Å². The number of rotatable bonds is 21. The van der Waals surface area contributed by atoms with Gasteiger partial charge in [-0.25, -0.2) is 9.59 Å². The number of hydrogen-bond donors (Lipinski definition) is 5. The third kappa shape index (κ3) is 16.9. The highest BCUT2D eigenvalue weighted by atomic mass is 35.5. The number of anilines is 1. The van der Waals surface area contributed by atoms with Gasteiger partial charge < -0.3 is 54.5 Å². The first-order valence-corrected chi connectivity index (χ1v) is 28.8. The van der Waals surface area contributed by atoms with Crippen LogP contribution in [-0.4, -0.2) is 165 Å². The van der Waals surface area contributed by atoms with Crippen molar-refractivity contribution in [3.05, 3.63) is 81.4 Å². The van der Waals surface area contributed by atoms with Crippen LogP contribution in [0.4, 0.5) is 10.5 Å². The number of allylic oxidation sites excluding steroid dienone is 3. The Kier molecular flexibility index (Phi) is 22.9. The zero-order valence-electron chi connectivity index (χ0n) is 47.3. The molecular weight excluding hydrogens is 1090 g/mol. The van der Waals surface area contributed by atoms with Crippen LogP contribution in [0.2, 0.25) is 5.02 Å². The number of fused-ring (bicyclic) bond motifs is 5. The molecule has 4 aliphatic rings. The van der Waals surface area contributed by atoms with Crippen LogP contribution in [0.25, 0.3) is 0 Å². The number of likely N-dealkylation sites (N-methyl/N-ethyl adjacent to an activating group) is 1. The van der Waals surface area contributed by atoms with Crippen molar-refractivity contribution in [2.75, 3.05) is 64.4 Å². The minimum Gasteiger partial charge on any atom is -0.495 e. The van der Waals surface area contributed by atoms with E-state index < -0.39 is 71.6 Å². The average Bonchev–Trinajstić information content (AvgIpc) is 3.49. The van der Waals surface area contributed by atoms with Gasteiger partial charge in [0.05, 0.1) is 31.1 Å². The van der Waals surface area contributed by atoms with E-state index in [0.29, 0.717) is 67.4 Å². The van der Waals surface area contributed by atoms with Crippen molar-refractivity contribution in [1.29, 1.82) is 0 Å². The number of benzene rings is 2. The number of halogens is 1.